The van der Waals surface area contributed by atoms with Crippen molar-refractivity contribution in [3.63, 3.8) is 0 Å². The van der Waals surface area contributed by atoms with Gasteiger partial charge in [0.2, 0.25) is 6.10 Å². The van der Waals surface area contributed by atoms with E-state index in [4.69, 9.17) is 15.2 Å². The van der Waals surface area contributed by atoms with E-state index in [0.29, 0.717) is 16.8 Å². The maximum absolute atomic E-state index is 13.5. The number of esters is 1. The van der Waals surface area contributed by atoms with Crippen molar-refractivity contribution in [3.05, 3.63) is 120 Å². The number of carbonyl (C=O) groups excluding carboxylic acids is 2. The third kappa shape index (κ3) is 7.17. The van der Waals surface area contributed by atoms with Crippen LogP contribution in [0.25, 0.3) is 11.1 Å². The fraction of sp³-hybridized carbons (Fsp3) is 0.152. The molecule has 0 saturated heterocycles. The molecule has 10 nitrogen and oxygen atoms in total. The summed E-state index contributed by atoms with van der Waals surface area (Å²) in [5.74, 6) is -0.600. The highest BCUT2D eigenvalue weighted by molar-refractivity contribution is 6.04. The number of pyridine rings is 1. The summed E-state index contributed by atoms with van der Waals surface area (Å²) in [5.41, 5.74) is 10.9. The number of nitrogens with two attached hydrogens (primary N) is 1. The van der Waals surface area contributed by atoms with Crippen LogP contribution in [-0.4, -0.2) is 40.7 Å². The van der Waals surface area contributed by atoms with Crippen LogP contribution in [0.4, 0.5) is 17.2 Å². The standard InChI is InChI=1S/C33H32N6O4/c1-38(2)28-14-8-12-24(16-28)32(40)37-27-13-7-11-23(15-27)30(33(41)42-21-22-9-5-4-6-10-22)43-29-17-25(18-35-31(29)34)26-19-36-39(3)20-26/h4-20,30H,21H2,1-3H3,(H2,34,35)(H,37,40). The van der Waals surface area contributed by atoms with Crippen molar-refractivity contribution in [2.45, 2.75) is 12.7 Å². The SMILES string of the molecule is CN(C)c1cccc(C(=O)Nc2cccc(C(Oc3cc(-c4cnn(C)c4)cnc3N)C(=O)OCc3ccccc3)c2)c1. The van der Waals surface area contributed by atoms with Crippen LogP contribution in [0.1, 0.15) is 27.6 Å². The molecule has 1 amide bonds. The smallest absolute Gasteiger partial charge is 0.352 e. The van der Waals surface area contributed by atoms with Crippen molar-refractivity contribution >= 4 is 29.1 Å². The molecule has 218 valence electrons. The number of nitrogens with zero attached hydrogens (tertiary/aromatic N) is 4. The van der Waals surface area contributed by atoms with Gasteiger partial charge in [-0.25, -0.2) is 9.78 Å². The molecule has 0 saturated carbocycles. The van der Waals surface area contributed by atoms with Gasteiger partial charge in [-0.15, -0.1) is 0 Å². The molecule has 0 fully saturated rings. The van der Waals surface area contributed by atoms with E-state index in [-0.39, 0.29) is 24.1 Å². The lowest BCUT2D eigenvalue weighted by atomic mass is 10.1. The van der Waals surface area contributed by atoms with Gasteiger partial charge >= 0.3 is 5.97 Å². The summed E-state index contributed by atoms with van der Waals surface area (Å²) in [6.45, 7) is 0.0572. The molecule has 2 heterocycles. The fourth-order valence-electron chi connectivity index (χ4n) is 4.37. The second-order valence-corrected chi connectivity index (χ2v) is 10.1. The molecule has 10 heteroatoms. The number of amides is 1. The Balaban J connectivity index is 1.43. The number of hydrogen-bond donors (Lipinski definition) is 2. The van der Waals surface area contributed by atoms with Crippen molar-refractivity contribution in [3.8, 4) is 16.9 Å². The van der Waals surface area contributed by atoms with E-state index in [2.05, 4.69) is 15.4 Å². The Morgan fingerprint density at radius 2 is 1.74 bits per heavy atom. The van der Waals surface area contributed by atoms with Crippen molar-refractivity contribution in [2.75, 3.05) is 30.0 Å². The van der Waals surface area contributed by atoms with Crippen molar-refractivity contribution in [1.29, 1.82) is 0 Å². The molecule has 43 heavy (non-hydrogen) atoms. The summed E-state index contributed by atoms with van der Waals surface area (Å²) in [4.78, 5) is 32.8. The number of hydrogen-bond acceptors (Lipinski definition) is 8. The van der Waals surface area contributed by atoms with Gasteiger partial charge in [0.15, 0.2) is 11.6 Å². The zero-order chi connectivity index (χ0) is 30.3. The van der Waals surface area contributed by atoms with Crippen LogP contribution in [0, 0.1) is 0 Å². The van der Waals surface area contributed by atoms with Crippen LogP contribution in [0.2, 0.25) is 0 Å². The van der Waals surface area contributed by atoms with E-state index >= 15 is 0 Å². The summed E-state index contributed by atoms with van der Waals surface area (Å²) in [6, 6.07) is 25.2. The molecule has 0 radical (unpaired) electrons. The van der Waals surface area contributed by atoms with Gasteiger partial charge < -0.3 is 25.4 Å². The molecule has 2 aromatic heterocycles. The molecule has 1 unspecified atom stereocenters. The molecule has 1 atom stereocenters. The number of aryl methyl sites for hydroxylation is 1. The van der Waals surface area contributed by atoms with Gasteiger partial charge in [0.25, 0.3) is 5.91 Å². The monoisotopic (exact) mass is 576 g/mol. The van der Waals surface area contributed by atoms with E-state index in [9.17, 15) is 9.59 Å². The summed E-state index contributed by atoms with van der Waals surface area (Å²) in [5, 5.41) is 7.12. The Morgan fingerprint density at radius 3 is 2.49 bits per heavy atom. The molecule has 5 rings (SSSR count). The zero-order valence-corrected chi connectivity index (χ0v) is 24.1. The highest BCUT2D eigenvalue weighted by Crippen LogP contribution is 2.32. The molecule has 3 N–H and O–H groups in total. The number of aromatic nitrogens is 3. The highest BCUT2D eigenvalue weighted by Gasteiger charge is 2.27. The first kappa shape index (κ1) is 28.9. The predicted molar refractivity (Wildman–Crippen MR) is 166 cm³/mol. The summed E-state index contributed by atoms with van der Waals surface area (Å²) < 4.78 is 13.6. The topological polar surface area (TPSA) is 125 Å². The lowest BCUT2D eigenvalue weighted by molar-refractivity contribution is -0.153. The molecule has 0 aliphatic rings. The Bertz CT molecular complexity index is 1730. The predicted octanol–water partition coefficient (Wildman–Crippen LogP) is 5.25. The first-order valence-electron chi connectivity index (χ1n) is 13.6. The first-order chi connectivity index (χ1) is 20.8. The first-order valence-corrected chi connectivity index (χ1v) is 13.6. The second-order valence-electron chi connectivity index (χ2n) is 10.1. The van der Waals surface area contributed by atoms with Gasteiger partial charge in [0.05, 0.1) is 6.20 Å². The van der Waals surface area contributed by atoms with Gasteiger partial charge in [-0.1, -0.05) is 48.5 Å². The molecular weight excluding hydrogens is 544 g/mol. The number of rotatable bonds is 10. The number of nitrogen functional groups attached to an aromatic ring is 1. The number of anilines is 3. The minimum atomic E-state index is -1.20. The summed E-state index contributed by atoms with van der Waals surface area (Å²) in [6.07, 6.45) is 3.95. The molecule has 0 aliphatic heterocycles. The molecule has 5 aromatic rings. The second kappa shape index (κ2) is 12.9. The van der Waals surface area contributed by atoms with Crippen molar-refractivity contribution in [2.24, 2.45) is 7.05 Å². The maximum Gasteiger partial charge on any atom is 0.352 e. The van der Waals surface area contributed by atoms with E-state index in [1.807, 2.05) is 74.7 Å². The Morgan fingerprint density at radius 1 is 0.953 bits per heavy atom. The van der Waals surface area contributed by atoms with E-state index in [0.717, 1.165) is 22.4 Å². The van der Waals surface area contributed by atoms with Crippen molar-refractivity contribution in [1.82, 2.24) is 14.8 Å². The van der Waals surface area contributed by atoms with Crippen LogP contribution in [-0.2, 0) is 23.2 Å². The van der Waals surface area contributed by atoms with E-state index < -0.39 is 12.1 Å². The van der Waals surface area contributed by atoms with Gasteiger partial charge in [-0.3, -0.25) is 9.48 Å². The van der Waals surface area contributed by atoms with Gasteiger partial charge in [0, 0.05) is 67.2 Å². The minimum absolute atomic E-state index is 0.0572. The van der Waals surface area contributed by atoms with Gasteiger partial charge in [0.1, 0.15) is 6.61 Å². The number of carbonyl (C=O) groups is 2. The number of nitrogens with one attached hydrogen (secondary N) is 1. The normalized spacial score (nSPS) is 11.4. The lowest BCUT2D eigenvalue weighted by Gasteiger charge is -2.20. The molecule has 0 bridgehead atoms. The molecule has 0 aliphatic carbocycles. The molecular formula is C33H32N6O4. The largest absolute Gasteiger partial charge is 0.470 e. The third-order valence-electron chi connectivity index (χ3n) is 6.67. The zero-order valence-electron chi connectivity index (χ0n) is 24.1. The number of ether oxygens (including phenoxy) is 2. The minimum Gasteiger partial charge on any atom is -0.470 e. The fourth-order valence-corrected chi connectivity index (χ4v) is 4.37. The van der Waals surface area contributed by atoms with Crippen LogP contribution in [0.3, 0.4) is 0 Å². The quantitative estimate of drug-likeness (QED) is 0.216. The Kier molecular flexibility index (Phi) is 8.66. The highest BCUT2D eigenvalue weighted by atomic mass is 16.6. The Labute approximate surface area is 249 Å². The van der Waals surface area contributed by atoms with Crippen LogP contribution in [0.15, 0.2) is 104 Å². The van der Waals surface area contributed by atoms with Gasteiger partial charge in [-0.2, -0.15) is 5.10 Å². The van der Waals surface area contributed by atoms with E-state index in [1.165, 1.54) is 0 Å². The average molecular weight is 577 g/mol. The average Bonchev–Trinajstić information content (AvgIpc) is 3.46. The van der Waals surface area contributed by atoms with E-state index in [1.54, 1.807) is 59.5 Å². The van der Waals surface area contributed by atoms with Crippen molar-refractivity contribution < 1.29 is 19.1 Å². The number of benzene rings is 3. The molecule has 0 spiro atoms. The summed E-state index contributed by atoms with van der Waals surface area (Å²) in [7, 11) is 5.63. The van der Waals surface area contributed by atoms with Gasteiger partial charge in [-0.05, 0) is 42.0 Å². The maximum atomic E-state index is 13.5. The van der Waals surface area contributed by atoms with Crippen LogP contribution in [0.5, 0.6) is 5.75 Å². The summed E-state index contributed by atoms with van der Waals surface area (Å²) >= 11 is 0. The molecule has 3 aromatic carbocycles. The van der Waals surface area contributed by atoms with Crippen LogP contribution < -0.4 is 20.7 Å². The Hall–Kier alpha value is -5.64. The third-order valence-corrected chi connectivity index (χ3v) is 6.67. The lowest BCUT2D eigenvalue weighted by Crippen LogP contribution is -2.22. The van der Waals surface area contributed by atoms with Crippen LogP contribution >= 0.6 is 0 Å².